The van der Waals surface area contributed by atoms with E-state index in [-0.39, 0.29) is 5.82 Å². The molecule has 1 aromatic carbocycles. The lowest BCUT2D eigenvalue weighted by molar-refractivity contribution is 0.628. The number of aromatic nitrogens is 2. The fourth-order valence-corrected chi connectivity index (χ4v) is 1.01. The molecule has 0 saturated heterocycles. The molecule has 1 aromatic heterocycles. The number of hydrogen-bond donors (Lipinski definition) is 2. The Bertz CT molecular complexity index is 366. The molecule has 2 rings (SSSR count). The molecule has 2 N–H and O–H groups in total. The number of anilines is 2. The summed E-state index contributed by atoms with van der Waals surface area (Å²) in [5.74, 6) is 0.543. The molecule has 3 nitrogen and oxygen atoms in total. The van der Waals surface area contributed by atoms with Gasteiger partial charge in [-0.2, -0.15) is 5.10 Å². The van der Waals surface area contributed by atoms with E-state index in [1.807, 2.05) is 0 Å². The molecular formula is C9H8FN3. The second-order valence-electron chi connectivity index (χ2n) is 2.60. The van der Waals surface area contributed by atoms with Gasteiger partial charge in [0.05, 0.1) is 6.20 Å². The molecule has 0 amide bonds. The van der Waals surface area contributed by atoms with Crippen LogP contribution in [0.25, 0.3) is 0 Å². The van der Waals surface area contributed by atoms with Crippen molar-refractivity contribution < 1.29 is 4.39 Å². The van der Waals surface area contributed by atoms with Crippen molar-refractivity contribution in [3.8, 4) is 0 Å². The Morgan fingerprint density at radius 3 is 2.54 bits per heavy atom. The summed E-state index contributed by atoms with van der Waals surface area (Å²) in [4.78, 5) is 0. The van der Waals surface area contributed by atoms with Gasteiger partial charge < -0.3 is 5.32 Å². The van der Waals surface area contributed by atoms with Gasteiger partial charge in [0.1, 0.15) is 11.6 Å². The van der Waals surface area contributed by atoms with Gasteiger partial charge in [-0.15, -0.1) is 0 Å². The van der Waals surface area contributed by atoms with Crippen LogP contribution < -0.4 is 5.32 Å². The highest BCUT2D eigenvalue weighted by atomic mass is 19.1. The van der Waals surface area contributed by atoms with E-state index in [1.54, 1.807) is 24.4 Å². The third kappa shape index (κ3) is 1.84. The third-order valence-electron chi connectivity index (χ3n) is 1.62. The first-order valence-corrected chi connectivity index (χ1v) is 3.86. The number of aromatic amines is 1. The lowest BCUT2D eigenvalue weighted by Gasteiger charge is -2.01. The van der Waals surface area contributed by atoms with Crippen LogP contribution in [0.5, 0.6) is 0 Å². The van der Waals surface area contributed by atoms with E-state index in [4.69, 9.17) is 0 Å². The predicted octanol–water partition coefficient (Wildman–Crippen LogP) is 2.29. The van der Waals surface area contributed by atoms with Gasteiger partial charge in [0.25, 0.3) is 0 Å². The summed E-state index contributed by atoms with van der Waals surface area (Å²) in [7, 11) is 0. The van der Waals surface area contributed by atoms with Crippen LogP contribution in [0.3, 0.4) is 0 Å². The molecule has 0 saturated carbocycles. The molecule has 1 heterocycles. The van der Waals surface area contributed by atoms with E-state index in [2.05, 4.69) is 15.5 Å². The number of rotatable bonds is 2. The standard InChI is InChI=1S/C9H8FN3/c10-7-1-3-8(4-2-7)12-9-5-6-11-13-9/h1-6H,(H2,11,12,13). The van der Waals surface area contributed by atoms with Crippen molar-refractivity contribution >= 4 is 11.5 Å². The van der Waals surface area contributed by atoms with Crippen LogP contribution in [0, 0.1) is 5.82 Å². The number of H-pyrrole nitrogens is 1. The highest BCUT2D eigenvalue weighted by Crippen LogP contribution is 2.13. The lowest BCUT2D eigenvalue weighted by Crippen LogP contribution is -1.89. The first-order chi connectivity index (χ1) is 6.34. The maximum absolute atomic E-state index is 12.5. The van der Waals surface area contributed by atoms with Gasteiger partial charge in [-0.3, -0.25) is 5.10 Å². The highest BCUT2D eigenvalue weighted by Gasteiger charge is 1.94. The van der Waals surface area contributed by atoms with Crippen molar-refractivity contribution in [1.29, 1.82) is 0 Å². The number of nitrogens with zero attached hydrogens (tertiary/aromatic N) is 1. The number of benzene rings is 1. The van der Waals surface area contributed by atoms with E-state index < -0.39 is 0 Å². The van der Waals surface area contributed by atoms with E-state index >= 15 is 0 Å². The minimum absolute atomic E-state index is 0.241. The molecule has 4 heteroatoms. The summed E-state index contributed by atoms with van der Waals surface area (Å²) in [5, 5.41) is 9.55. The Kier molecular flexibility index (Phi) is 1.96. The van der Waals surface area contributed by atoms with Crippen molar-refractivity contribution in [3.63, 3.8) is 0 Å². The molecule has 0 radical (unpaired) electrons. The van der Waals surface area contributed by atoms with Crippen molar-refractivity contribution in [3.05, 3.63) is 42.3 Å². The molecule has 0 aliphatic rings. The fourth-order valence-electron chi connectivity index (χ4n) is 1.01. The molecule has 0 aliphatic carbocycles. The summed E-state index contributed by atoms with van der Waals surface area (Å²) in [6.07, 6.45) is 1.64. The molecule has 0 unspecified atom stereocenters. The highest BCUT2D eigenvalue weighted by molar-refractivity contribution is 5.54. The monoisotopic (exact) mass is 177 g/mol. The average molecular weight is 177 g/mol. The van der Waals surface area contributed by atoms with Gasteiger partial charge in [-0.1, -0.05) is 0 Å². The molecule has 0 bridgehead atoms. The maximum atomic E-state index is 12.5. The molecule has 0 aliphatic heterocycles. The number of nitrogens with one attached hydrogen (secondary N) is 2. The minimum atomic E-state index is -0.241. The molecule has 66 valence electrons. The minimum Gasteiger partial charge on any atom is -0.341 e. The summed E-state index contributed by atoms with van der Waals surface area (Å²) in [5.41, 5.74) is 0.825. The van der Waals surface area contributed by atoms with Gasteiger partial charge in [0, 0.05) is 11.8 Å². The van der Waals surface area contributed by atoms with Crippen molar-refractivity contribution in [2.24, 2.45) is 0 Å². The number of halogens is 1. The van der Waals surface area contributed by atoms with Crippen LogP contribution in [0.15, 0.2) is 36.5 Å². The van der Waals surface area contributed by atoms with Gasteiger partial charge >= 0.3 is 0 Å². The molecule has 0 atom stereocenters. The Labute approximate surface area is 74.6 Å². The van der Waals surface area contributed by atoms with Crippen LogP contribution in [-0.2, 0) is 0 Å². The molecule has 2 aromatic rings. The van der Waals surface area contributed by atoms with Gasteiger partial charge in [0.2, 0.25) is 0 Å². The quantitative estimate of drug-likeness (QED) is 0.738. The summed E-state index contributed by atoms with van der Waals surface area (Å²) in [6.45, 7) is 0. The SMILES string of the molecule is Fc1ccc(Nc2ccn[nH]2)cc1. The normalized spacial score (nSPS) is 9.92. The van der Waals surface area contributed by atoms with Crippen molar-refractivity contribution in [1.82, 2.24) is 10.2 Å². The predicted molar refractivity (Wildman–Crippen MR) is 48.3 cm³/mol. The number of hydrogen-bond acceptors (Lipinski definition) is 2. The van der Waals surface area contributed by atoms with Crippen LogP contribution in [0.2, 0.25) is 0 Å². The van der Waals surface area contributed by atoms with Crippen LogP contribution >= 0.6 is 0 Å². The second-order valence-corrected chi connectivity index (χ2v) is 2.60. The Hall–Kier alpha value is -1.84. The second kappa shape index (κ2) is 3.26. The first kappa shape index (κ1) is 7.79. The summed E-state index contributed by atoms with van der Waals surface area (Å²) < 4.78 is 12.5. The zero-order chi connectivity index (χ0) is 9.10. The topological polar surface area (TPSA) is 40.7 Å². The zero-order valence-electron chi connectivity index (χ0n) is 6.79. The fraction of sp³-hybridized carbons (Fsp3) is 0. The average Bonchev–Trinajstić information content (AvgIpc) is 2.62. The molecule has 0 spiro atoms. The van der Waals surface area contributed by atoms with E-state index in [0.29, 0.717) is 0 Å². The first-order valence-electron chi connectivity index (χ1n) is 3.86. The van der Waals surface area contributed by atoms with E-state index in [9.17, 15) is 4.39 Å². The zero-order valence-corrected chi connectivity index (χ0v) is 6.79. The summed E-state index contributed by atoms with van der Waals surface area (Å²) in [6, 6.07) is 7.92. The Morgan fingerprint density at radius 2 is 1.92 bits per heavy atom. The van der Waals surface area contributed by atoms with Crippen molar-refractivity contribution in [2.75, 3.05) is 5.32 Å². The third-order valence-corrected chi connectivity index (χ3v) is 1.62. The van der Waals surface area contributed by atoms with Gasteiger partial charge in [-0.25, -0.2) is 4.39 Å². The maximum Gasteiger partial charge on any atom is 0.125 e. The molecule has 0 fully saturated rings. The summed E-state index contributed by atoms with van der Waals surface area (Å²) >= 11 is 0. The lowest BCUT2D eigenvalue weighted by atomic mass is 10.3. The largest absolute Gasteiger partial charge is 0.341 e. The van der Waals surface area contributed by atoms with Crippen LogP contribution in [0.4, 0.5) is 15.9 Å². The van der Waals surface area contributed by atoms with Gasteiger partial charge in [0.15, 0.2) is 0 Å². The van der Waals surface area contributed by atoms with Crippen LogP contribution in [0.1, 0.15) is 0 Å². The Morgan fingerprint density at radius 1 is 1.15 bits per heavy atom. The van der Waals surface area contributed by atoms with Gasteiger partial charge in [-0.05, 0) is 24.3 Å². The molecular weight excluding hydrogens is 169 g/mol. The van der Waals surface area contributed by atoms with E-state index in [0.717, 1.165) is 11.5 Å². The van der Waals surface area contributed by atoms with E-state index in [1.165, 1.54) is 12.1 Å². The Balaban J connectivity index is 2.15. The van der Waals surface area contributed by atoms with Crippen molar-refractivity contribution in [2.45, 2.75) is 0 Å². The van der Waals surface area contributed by atoms with Crippen LogP contribution in [-0.4, -0.2) is 10.2 Å². The smallest absolute Gasteiger partial charge is 0.125 e. The molecule has 13 heavy (non-hydrogen) atoms.